The number of amides is 3. The first-order chi connectivity index (χ1) is 19.8. The topological polar surface area (TPSA) is 168 Å². The van der Waals surface area contributed by atoms with Crippen molar-refractivity contribution < 1.29 is 29.1 Å². The van der Waals surface area contributed by atoms with Crippen molar-refractivity contribution in [2.45, 2.75) is 43.2 Å². The molecule has 0 unspecified atom stereocenters. The van der Waals surface area contributed by atoms with Crippen molar-refractivity contribution >= 4 is 63.3 Å². The molecule has 1 aliphatic carbocycles. The normalized spacial score (nSPS) is 23.8. The minimum atomic E-state index is -1.28. The molecule has 3 fully saturated rings. The third kappa shape index (κ3) is 5.08. The molecule has 4 heterocycles. The smallest absolute Gasteiger partial charge is 0.352 e. The molecule has 14 heteroatoms. The van der Waals surface area contributed by atoms with Gasteiger partial charge in [-0.25, -0.2) is 9.78 Å². The van der Waals surface area contributed by atoms with E-state index in [2.05, 4.69) is 15.5 Å². The summed E-state index contributed by atoms with van der Waals surface area (Å²) in [7, 11) is 0. The van der Waals surface area contributed by atoms with Crippen LogP contribution in [0.15, 0.2) is 63.8 Å². The number of fused-ring (bicyclic) bond motifs is 1. The molecule has 0 bridgehead atoms. The zero-order valence-electron chi connectivity index (χ0n) is 21.7. The number of anilines is 2. The van der Waals surface area contributed by atoms with Gasteiger partial charge in [-0.15, -0.1) is 23.1 Å². The number of oxime groups is 1. The van der Waals surface area contributed by atoms with Crippen LogP contribution in [0.25, 0.3) is 0 Å². The third-order valence-corrected chi connectivity index (χ3v) is 9.30. The number of rotatable bonds is 8. The number of allylic oxidation sites excluding steroid dienone is 1. The van der Waals surface area contributed by atoms with Gasteiger partial charge in [0.2, 0.25) is 0 Å². The van der Waals surface area contributed by atoms with E-state index in [1.165, 1.54) is 16.7 Å². The van der Waals surface area contributed by atoms with E-state index < -0.39 is 29.2 Å². The van der Waals surface area contributed by atoms with Gasteiger partial charge in [0.15, 0.2) is 10.8 Å². The van der Waals surface area contributed by atoms with Gasteiger partial charge >= 0.3 is 5.97 Å². The first-order valence-corrected chi connectivity index (χ1v) is 15.0. The Morgan fingerprint density at radius 1 is 1.20 bits per heavy atom. The second-order valence-electron chi connectivity index (χ2n) is 9.96. The number of nitrogen functional groups attached to an aromatic ring is 1. The van der Waals surface area contributed by atoms with Crippen LogP contribution in [0.5, 0.6) is 0 Å². The molecule has 6 rings (SSSR count). The number of carbonyl (C=O) groups excluding carboxylic acids is 3. The number of nitrogens with one attached hydrogen (secondary N) is 1. The molecule has 3 amide bonds. The Balaban J connectivity index is 1.18. The third-order valence-electron chi connectivity index (χ3n) is 7.33. The number of hydrogen-bond acceptors (Lipinski definition) is 10. The summed E-state index contributed by atoms with van der Waals surface area (Å²) < 4.78 is 0. The Bertz CT molecular complexity index is 1510. The molecule has 41 heavy (non-hydrogen) atoms. The largest absolute Gasteiger partial charge is 0.477 e. The fourth-order valence-electron chi connectivity index (χ4n) is 5.21. The lowest BCUT2D eigenvalue weighted by molar-refractivity contribution is -0.150. The van der Waals surface area contributed by atoms with E-state index in [4.69, 9.17) is 10.6 Å². The van der Waals surface area contributed by atoms with Gasteiger partial charge < -0.3 is 25.9 Å². The molecule has 0 radical (unpaired) electrons. The van der Waals surface area contributed by atoms with E-state index in [9.17, 15) is 24.3 Å². The van der Waals surface area contributed by atoms with Crippen molar-refractivity contribution in [2.24, 2.45) is 5.16 Å². The minimum absolute atomic E-state index is 0.0946. The predicted octanol–water partition coefficient (Wildman–Crippen LogP) is 2.10. The molecule has 4 N–H and O–H groups in total. The predicted molar refractivity (Wildman–Crippen MR) is 153 cm³/mol. The van der Waals surface area contributed by atoms with Crippen LogP contribution >= 0.6 is 23.1 Å². The molecule has 12 nitrogen and oxygen atoms in total. The van der Waals surface area contributed by atoms with Crippen molar-refractivity contribution in [3.05, 3.63) is 64.3 Å². The number of nitrogens with zero attached hydrogens (tertiary/aromatic N) is 4. The van der Waals surface area contributed by atoms with Crippen molar-refractivity contribution in [3.8, 4) is 0 Å². The zero-order valence-corrected chi connectivity index (χ0v) is 23.3. The first-order valence-electron chi connectivity index (χ1n) is 13.1. The molecular weight excluding hydrogens is 568 g/mol. The summed E-state index contributed by atoms with van der Waals surface area (Å²) >= 11 is 2.46. The standard InChI is InChI=1S/C27H26N6O6S2/c28-27-29-18(13-41-27)19(31-39-17-8-4-5-9-17)22(34)30-20-24(36)33-21(26(37)38)15(12-40-25(20)33)10-14-11-32(23(14)35)16-6-2-1-3-7-16/h1-3,6-7,10,13,17,20,25H,4-5,8-9,11-12H2,(H2,28,29)(H,30,34)(H,37,38)/b14-10-,31-19-/t20-,25-/m1/s1. The molecule has 212 valence electrons. The highest BCUT2D eigenvalue weighted by Gasteiger charge is 2.54. The van der Waals surface area contributed by atoms with Crippen molar-refractivity contribution in [1.82, 2.24) is 15.2 Å². The Morgan fingerprint density at radius 3 is 2.61 bits per heavy atom. The van der Waals surface area contributed by atoms with Crippen LogP contribution in [-0.4, -0.2) is 74.2 Å². The van der Waals surface area contributed by atoms with Crippen LogP contribution in [0.4, 0.5) is 10.8 Å². The van der Waals surface area contributed by atoms with Crippen molar-refractivity contribution in [1.29, 1.82) is 0 Å². The van der Waals surface area contributed by atoms with Crippen LogP contribution in [0.3, 0.4) is 0 Å². The number of aliphatic carboxylic acids is 1. The number of aromatic nitrogens is 1. The summed E-state index contributed by atoms with van der Waals surface area (Å²) in [6, 6.07) is 8.21. The highest BCUT2D eigenvalue weighted by molar-refractivity contribution is 8.00. The number of nitrogens with two attached hydrogens (primary N) is 1. The molecule has 0 spiro atoms. The number of benzene rings is 1. The zero-order chi connectivity index (χ0) is 28.7. The number of carbonyl (C=O) groups is 4. The van der Waals surface area contributed by atoms with Crippen LogP contribution in [0.2, 0.25) is 0 Å². The Morgan fingerprint density at radius 2 is 1.95 bits per heavy atom. The number of thiazole rings is 1. The SMILES string of the molecule is Nc1nc(/C(=N/OC2CCCC2)C(=O)N[C@@H]2C(=O)N3C(C(=O)O)=C(/C=C4/CN(c5ccccc5)C4=O)CS[C@H]23)cs1. The summed E-state index contributed by atoms with van der Waals surface area (Å²) in [5, 5.41) is 18.0. The number of carboxylic acids is 1. The van der Waals surface area contributed by atoms with Gasteiger partial charge in [-0.2, -0.15) is 0 Å². The number of carboxylic acid groups (broad SMARTS) is 1. The maximum Gasteiger partial charge on any atom is 0.352 e. The quantitative estimate of drug-likeness (QED) is 0.179. The maximum atomic E-state index is 13.3. The monoisotopic (exact) mass is 594 g/mol. The maximum absolute atomic E-state index is 13.3. The summed E-state index contributed by atoms with van der Waals surface area (Å²) in [5.41, 5.74) is 7.31. The summed E-state index contributed by atoms with van der Waals surface area (Å²) in [6.07, 6.45) is 5.19. The summed E-state index contributed by atoms with van der Waals surface area (Å²) in [4.78, 5) is 64.0. The van der Waals surface area contributed by atoms with Gasteiger partial charge in [0.05, 0.1) is 6.54 Å². The van der Waals surface area contributed by atoms with Gasteiger partial charge in [0, 0.05) is 22.4 Å². The molecule has 2 atom stereocenters. The second-order valence-corrected chi connectivity index (χ2v) is 12.0. The number of hydrogen-bond donors (Lipinski definition) is 3. The minimum Gasteiger partial charge on any atom is -0.477 e. The molecule has 3 aliphatic heterocycles. The van der Waals surface area contributed by atoms with E-state index in [-0.39, 0.29) is 40.0 Å². The fraction of sp³-hybridized carbons (Fsp3) is 0.333. The van der Waals surface area contributed by atoms with Crippen LogP contribution in [-0.2, 0) is 24.0 Å². The van der Waals surface area contributed by atoms with Crippen LogP contribution in [0, 0.1) is 0 Å². The lowest BCUT2D eigenvalue weighted by Gasteiger charge is -2.49. The molecule has 2 aromatic rings. The number of para-hydroxylation sites is 1. The molecule has 1 saturated carbocycles. The lowest BCUT2D eigenvalue weighted by Crippen LogP contribution is -2.71. The van der Waals surface area contributed by atoms with Crippen LogP contribution in [0.1, 0.15) is 31.4 Å². The summed E-state index contributed by atoms with van der Waals surface area (Å²) in [6.45, 7) is 0.339. The summed E-state index contributed by atoms with van der Waals surface area (Å²) in [5.74, 6) is -2.48. The second kappa shape index (κ2) is 11.0. The molecular formula is C27H26N6O6S2. The highest BCUT2D eigenvalue weighted by Crippen LogP contribution is 2.41. The van der Waals surface area contributed by atoms with E-state index in [1.807, 2.05) is 30.3 Å². The molecule has 2 saturated heterocycles. The van der Waals surface area contributed by atoms with Crippen molar-refractivity contribution in [3.63, 3.8) is 0 Å². The first kappa shape index (κ1) is 27.0. The molecule has 4 aliphatic rings. The van der Waals surface area contributed by atoms with E-state index in [0.29, 0.717) is 17.7 Å². The van der Waals surface area contributed by atoms with Gasteiger partial charge in [-0.1, -0.05) is 23.4 Å². The Kier molecular flexibility index (Phi) is 7.26. The van der Waals surface area contributed by atoms with Gasteiger partial charge in [0.1, 0.15) is 28.9 Å². The van der Waals surface area contributed by atoms with E-state index in [0.717, 1.165) is 42.7 Å². The average Bonchev–Trinajstić information content (AvgIpc) is 3.65. The van der Waals surface area contributed by atoms with Crippen molar-refractivity contribution in [2.75, 3.05) is 22.9 Å². The molecule has 1 aromatic heterocycles. The average molecular weight is 595 g/mol. The van der Waals surface area contributed by atoms with Gasteiger partial charge in [0.25, 0.3) is 17.7 Å². The number of thioether (sulfide) groups is 1. The lowest BCUT2D eigenvalue weighted by atomic mass is 9.98. The Labute approximate surface area is 242 Å². The van der Waals surface area contributed by atoms with Crippen LogP contribution < -0.4 is 16.0 Å². The molecule has 1 aromatic carbocycles. The Hall–Kier alpha value is -4.17. The number of β-lactam (4-membered cyclic amide) rings is 2. The van der Waals surface area contributed by atoms with E-state index in [1.54, 1.807) is 16.4 Å². The highest BCUT2D eigenvalue weighted by atomic mass is 32.2. The van der Waals surface area contributed by atoms with E-state index >= 15 is 0 Å². The van der Waals surface area contributed by atoms with Gasteiger partial charge in [-0.3, -0.25) is 19.3 Å². The fourth-order valence-corrected chi connectivity index (χ4v) is 7.07. The van der Waals surface area contributed by atoms with Gasteiger partial charge in [-0.05, 0) is 49.5 Å².